The molecule has 1 amide bonds. The summed E-state index contributed by atoms with van der Waals surface area (Å²) >= 11 is 3.43. The van der Waals surface area contributed by atoms with Crippen LogP contribution >= 0.6 is 15.9 Å². The lowest BCUT2D eigenvalue weighted by Gasteiger charge is -2.26. The Hall–Kier alpha value is -1.56. The first-order valence-electron chi connectivity index (χ1n) is 7.77. The van der Waals surface area contributed by atoms with Gasteiger partial charge in [0.15, 0.2) is 0 Å². The Morgan fingerprint density at radius 3 is 2.74 bits per heavy atom. The highest BCUT2D eigenvalue weighted by molar-refractivity contribution is 9.10. The van der Waals surface area contributed by atoms with Crippen LogP contribution in [0.4, 0.5) is 10.6 Å². The first-order chi connectivity index (χ1) is 10.7. The quantitative estimate of drug-likeness (QED) is 0.804. The first-order valence-corrected chi connectivity index (χ1v) is 8.56. The van der Waals surface area contributed by atoms with Crippen molar-refractivity contribution in [3.8, 4) is 0 Å². The van der Waals surface area contributed by atoms with E-state index in [9.17, 15) is 4.79 Å². The standard InChI is InChI=1S/C17H24BrN3O2/c1-10-13(9-14(18)15(19)20-10)11-5-7-12(8-6-11)21-16(22)23-17(2,3)4/h5,9,12H,6-8H2,1-4H3,(H2,19,20)(H,21,22). The second-order valence-corrected chi connectivity index (χ2v) is 7.69. The Kier molecular flexibility index (Phi) is 5.34. The first kappa shape index (κ1) is 17.8. The van der Waals surface area contributed by atoms with Crippen LogP contribution in [-0.2, 0) is 4.74 Å². The Morgan fingerprint density at radius 1 is 1.48 bits per heavy atom. The van der Waals surface area contributed by atoms with Gasteiger partial charge in [0.2, 0.25) is 0 Å². The lowest BCUT2D eigenvalue weighted by atomic mass is 9.90. The second kappa shape index (κ2) is 6.91. The van der Waals surface area contributed by atoms with Crippen molar-refractivity contribution in [3.05, 3.63) is 27.9 Å². The Bertz CT molecular complexity index is 635. The topological polar surface area (TPSA) is 77.2 Å². The highest BCUT2D eigenvalue weighted by atomic mass is 79.9. The minimum atomic E-state index is -0.473. The van der Waals surface area contributed by atoms with E-state index >= 15 is 0 Å². The van der Waals surface area contributed by atoms with Crippen LogP contribution in [-0.4, -0.2) is 22.7 Å². The van der Waals surface area contributed by atoms with E-state index < -0.39 is 5.60 Å². The highest BCUT2D eigenvalue weighted by Crippen LogP contribution is 2.31. The molecule has 0 radical (unpaired) electrons. The molecule has 0 aromatic carbocycles. The van der Waals surface area contributed by atoms with Gasteiger partial charge in [-0.1, -0.05) is 6.08 Å². The Morgan fingerprint density at radius 2 is 2.17 bits per heavy atom. The van der Waals surface area contributed by atoms with Gasteiger partial charge in [-0.2, -0.15) is 0 Å². The van der Waals surface area contributed by atoms with Crippen molar-refractivity contribution in [2.45, 2.75) is 58.6 Å². The summed E-state index contributed by atoms with van der Waals surface area (Å²) in [4.78, 5) is 16.2. The van der Waals surface area contributed by atoms with Crippen LogP contribution < -0.4 is 11.1 Å². The number of pyridine rings is 1. The maximum atomic E-state index is 11.8. The number of carbonyl (C=O) groups is 1. The monoisotopic (exact) mass is 381 g/mol. The average Bonchev–Trinajstić information content (AvgIpc) is 2.42. The third-order valence-electron chi connectivity index (χ3n) is 3.67. The molecule has 0 spiro atoms. The van der Waals surface area contributed by atoms with Gasteiger partial charge in [0.1, 0.15) is 11.4 Å². The van der Waals surface area contributed by atoms with Gasteiger partial charge < -0.3 is 15.8 Å². The zero-order valence-corrected chi connectivity index (χ0v) is 15.7. The number of ether oxygens (including phenoxy) is 1. The van der Waals surface area contributed by atoms with E-state index in [1.54, 1.807) is 0 Å². The summed E-state index contributed by atoms with van der Waals surface area (Å²) < 4.78 is 6.11. The van der Waals surface area contributed by atoms with Gasteiger partial charge in [-0.05, 0) is 80.1 Å². The van der Waals surface area contributed by atoms with Crippen LogP contribution in [0.5, 0.6) is 0 Å². The SMILES string of the molecule is Cc1nc(N)c(Br)cc1C1=CCC(NC(=O)OC(C)(C)C)CC1. The maximum absolute atomic E-state index is 11.8. The molecule has 1 aliphatic carbocycles. The minimum absolute atomic E-state index is 0.110. The van der Waals surface area contributed by atoms with Gasteiger partial charge in [0.05, 0.1) is 4.47 Å². The fraction of sp³-hybridized carbons (Fsp3) is 0.529. The predicted molar refractivity (Wildman–Crippen MR) is 96.1 cm³/mol. The summed E-state index contributed by atoms with van der Waals surface area (Å²) in [6.07, 6.45) is 4.37. The molecule has 126 valence electrons. The molecule has 3 N–H and O–H groups in total. The number of anilines is 1. The van der Waals surface area contributed by atoms with Gasteiger partial charge >= 0.3 is 6.09 Å². The van der Waals surface area contributed by atoms with Crippen molar-refractivity contribution in [2.75, 3.05) is 5.73 Å². The van der Waals surface area contributed by atoms with Crippen molar-refractivity contribution in [2.24, 2.45) is 0 Å². The molecule has 2 rings (SSSR count). The molecule has 6 heteroatoms. The molecule has 0 saturated heterocycles. The lowest BCUT2D eigenvalue weighted by Crippen LogP contribution is -2.39. The number of nitrogens with one attached hydrogen (secondary N) is 1. The molecule has 0 aliphatic heterocycles. The number of aryl methyl sites for hydroxylation is 1. The number of aromatic nitrogens is 1. The van der Waals surface area contributed by atoms with E-state index in [0.717, 1.165) is 35.0 Å². The third kappa shape index (κ3) is 4.96. The Labute approximate surface area is 145 Å². The summed E-state index contributed by atoms with van der Waals surface area (Å²) in [6, 6.07) is 2.13. The molecular weight excluding hydrogens is 358 g/mol. The molecule has 1 aliphatic rings. The van der Waals surface area contributed by atoms with Gasteiger partial charge in [0, 0.05) is 11.7 Å². The molecule has 23 heavy (non-hydrogen) atoms. The van der Waals surface area contributed by atoms with Crippen LogP contribution in [0.1, 0.15) is 51.3 Å². The molecule has 0 fully saturated rings. The molecule has 1 heterocycles. The number of nitrogens with zero attached hydrogens (tertiary/aromatic N) is 1. The molecular formula is C17H24BrN3O2. The van der Waals surface area contributed by atoms with Crippen LogP contribution in [0.25, 0.3) is 5.57 Å². The molecule has 1 atom stereocenters. The summed E-state index contributed by atoms with van der Waals surface area (Å²) in [5.41, 5.74) is 8.62. The summed E-state index contributed by atoms with van der Waals surface area (Å²) in [5, 5.41) is 2.93. The summed E-state index contributed by atoms with van der Waals surface area (Å²) in [7, 11) is 0. The van der Waals surface area contributed by atoms with Gasteiger partial charge in [-0.15, -0.1) is 0 Å². The van der Waals surface area contributed by atoms with Crippen molar-refractivity contribution < 1.29 is 9.53 Å². The van der Waals surface area contributed by atoms with E-state index in [1.165, 1.54) is 5.57 Å². The van der Waals surface area contributed by atoms with E-state index in [4.69, 9.17) is 10.5 Å². The highest BCUT2D eigenvalue weighted by Gasteiger charge is 2.22. The van der Waals surface area contributed by atoms with E-state index in [1.807, 2.05) is 33.8 Å². The molecule has 0 saturated carbocycles. The van der Waals surface area contributed by atoms with Gasteiger partial charge in [-0.3, -0.25) is 0 Å². The van der Waals surface area contributed by atoms with E-state index in [2.05, 4.69) is 32.3 Å². The van der Waals surface area contributed by atoms with Crippen LogP contribution in [0.3, 0.4) is 0 Å². The van der Waals surface area contributed by atoms with E-state index in [0.29, 0.717) is 5.82 Å². The van der Waals surface area contributed by atoms with Crippen molar-refractivity contribution in [1.82, 2.24) is 10.3 Å². The number of hydrogen-bond donors (Lipinski definition) is 2. The zero-order chi connectivity index (χ0) is 17.2. The maximum Gasteiger partial charge on any atom is 0.407 e. The summed E-state index contributed by atoms with van der Waals surface area (Å²) in [6.45, 7) is 7.55. The smallest absolute Gasteiger partial charge is 0.407 e. The molecule has 1 aromatic rings. The number of nitrogens with two attached hydrogens (primary N) is 1. The molecule has 1 aromatic heterocycles. The third-order valence-corrected chi connectivity index (χ3v) is 4.31. The number of halogens is 1. The van der Waals surface area contributed by atoms with Crippen LogP contribution in [0.2, 0.25) is 0 Å². The van der Waals surface area contributed by atoms with Crippen molar-refractivity contribution in [1.29, 1.82) is 0 Å². The predicted octanol–water partition coefficient (Wildman–Crippen LogP) is 4.20. The molecule has 0 bridgehead atoms. The lowest BCUT2D eigenvalue weighted by molar-refractivity contribution is 0.0502. The Balaban J connectivity index is 2.02. The average molecular weight is 382 g/mol. The number of nitrogen functional groups attached to an aromatic ring is 1. The number of allylic oxidation sites excluding steroid dienone is 1. The van der Waals surface area contributed by atoms with Crippen LogP contribution in [0, 0.1) is 6.92 Å². The summed E-state index contributed by atoms with van der Waals surface area (Å²) in [5.74, 6) is 0.507. The normalized spacial score (nSPS) is 18.3. The largest absolute Gasteiger partial charge is 0.444 e. The van der Waals surface area contributed by atoms with Crippen LogP contribution in [0.15, 0.2) is 16.6 Å². The van der Waals surface area contributed by atoms with E-state index in [-0.39, 0.29) is 12.1 Å². The molecule has 1 unspecified atom stereocenters. The minimum Gasteiger partial charge on any atom is -0.444 e. The number of rotatable bonds is 2. The van der Waals surface area contributed by atoms with Gasteiger partial charge in [0.25, 0.3) is 0 Å². The fourth-order valence-corrected chi connectivity index (χ4v) is 2.93. The number of hydrogen-bond acceptors (Lipinski definition) is 4. The fourth-order valence-electron chi connectivity index (χ4n) is 2.61. The number of alkyl carbamates (subject to hydrolysis) is 1. The number of carbonyl (C=O) groups excluding carboxylic acids is 1. The van der Waals surface area contributed by atoms with Gasteiger partial charge in [-0.25, -0.2) is 9.78 Å². The van der Waals surface area contributed by atoms with Crippen molar-refractivity contribution >= 4 is 33.4 Å². The number of amides is 1. The van der Waals surface area contributed by atoms with Crippen molar-refractivity contribution in [3.63, 3.8) is 0 Å². The zero-order valence-electron chi connectivity index (χ0n) is 14.1. The molecule has 5 nitrogen and oxygen atoms in total. The second-order valence-electron chi connectivity index (χ2n) is 6.84.